The van der Waals surface area contributed by atoms with E-state index in [1.54, 1.807) is 0 Å². The van der Waals surface area contributed by atoms with Crippen molar-refractivity contribution in [3.8, 4) is 0 Å². The molecule has 0 N–H and O–H groups in total. The summed E-state index contributed by atoms with van der Waals surface area (Å²) >= 11 is 0. The summed E-state index contributed by atoms with van der Waals surface area (Å²) in [6.07, 6.45) is 0. The molecule has 0 bridgehead atoms. The minimum absolute atomic E-state index is 0.0867. The summed E-state index contributed by atoms with van der Waals surface area (Å²) in [4.78, 5) is 6.66. The molecule has 4 nitrogen and oxygen atoms in total. The number of nitrogens with zero attached hydrogens (tertiary/aromatic N) is 3. The maximum absolute atomic E-state index is 5.27. The van der Waals surface area contributed by atoms with Gasteiger partial charge in [-0.1, -0.05) is 45.0 Å². The van der Waals surface area contributed by atoms with Crippen LogP contribution in [0.5, 0.6) is 0 Å². The third kappa shape index (κ3) is 4.30. The van der Waals surface area contributed by atoms with Gasteiger partial charge in [-0.3, -0.25) is 4.90 Å². The van der Waals surface area contributed by atoms with Crippen LogP contribution in [0.3, 0.4) is 0 Å². The normalized spacial score (nSPS) is 12.1. The molecule has 0 aromatic carbocycles. The summed E-state index contributed by atoms with van der Waals surface area (Å²) in [7, 11) is 0. The van der Waals surface area contributed by atoms with E-state index in [4.69, 9.17) is 4.52 Å². The van der Waals surface area contributed by atoms with E-state index in [1.165, 1.54) is 0 Å². The van der Waals surface area contributed by atoms with Crippen molar-refractivity contribution in [1.29, 1.82) is 0 Å². The van der Waals surface area contributed by atoms with Crippen molar-refractivity contribution in [2.45, 2.75) is 46.6 Å². The first kappa shape index (κ1) is 13.9. The Kier molecular flexibility index (Phi) is 4.46. The Hall–Kier alpha value is -1.16. The van der Waals surface area contributed by atoms with Crippen LogP contribution in [0.1, 0.15) is 46.3 Å². The number of rotatable bonds is 5. The quantitative estimate of drug-likeness (QED) is 0.738. The van der Waals surface area contributed by atoms with Gasteiger partial charge in [0.05, 0.1) is 6.54 Å². The fraction of sp³-hybridized carbons (Fsp3) is 0.692. The Balaban J connectivity index is 2.68. The first-order valence-electron chi connectivity index (χ1n) is 6.02. The molecular weight excluding hydrogens is 214 g/mol. The van der Waals surface area contributed by atoms with Gasteiger partial charge in [0.15, 0.2) is 5.82 Å². The van der Waals surface area contributed by atoms with Crippen molar-refractivity contribution >= 4 is 0 Å². The predicted molar refractivity (Wildman–Crippen MR) is 68.8 cm³/mol. The second-order valence-electron chi connectivity index (χ2n) is 5.53. The molecule has 1 rings (SSSR count). The van der Waals surface area contributed by atoms with Crippen LogP contribution < -0.4 is 0 Å². The van der Waals surface area contributed by atoms with Gasteiger partial charge >= 0.3 is 0 Å². The third-order valence-electron chi connectivity index (χ3n) is 2.42. The van der Waals surface area contributed by atoms with E-state index in [2.05, 4.69) is 49.3 Å². The third-order valence-corrected chi connectivity index (χ3v) is 2.42. The van der Waals surface area contributed by atoms with Crippen molar-refractivity contribution in [3.63, 3.8) is 0 Å². The average Bonchev–Trinajstić information content (AvgIpc) is 2.63. The van der Waals surface area contributed by atoms with E-state index in [0.29, 0.717) is 12.4 Å². The van der Waals surface area contributed by atoms with Crippen LogP contribution in [0.2, 0.25) is 0 Å². The highest BCUT2D eigenvalue weighted by Crippen LogP contribution is 2.19. The van der Waals surface area contributed by atoms with Crippen LogP contribution in [0, 0.1) is 0 Å². The first-order chi connectivity index (χ1) is 7.82. The van der Waals surface area contributed by atoms with Crippen LogP contribution in [0.4, 0.5) is 0 Å². The molecule has 0 saturated carbocycles. The Morgan fingerprint density at radius 2 is 2.06 bits per heavy atom. The zero-order chi connectivity index (χ0) is 13.1. The monoisotopic (exact) mass is 237 g/mol. The van der Waals surface area contributed by atoms with Crippen LogP contribution in [-0.2, 0) is 12.0 Å². The molecule has 0 fully saturated rings. The highest BCUT2D eigenvalue weighted by molar-refractivity contribution is 4.99. The number of likely N-dealkylation sites (N-methyl/N-ethyl adjacent to an activating group) is 1. The molecule has 17 heavy (non-hydrogen) atoms. The van der Waals surface area contributed by atoms with Crippen LogP contribution in [-0.4, -0.2) is 28.1 Å². The van der Waals surface area contributed by atoms with E-state index < -0.39 is 0 Å². The van der Waals surface area contributed by atoms with Crippen LogP contribution in [0.15, 0.2) is 16.7 Å². The molecule has 4 heteroatoms. The Labute approximate surface area is 104 Å². The van der Waals surface area contributed by atoms with Gasteiger partial charge in [0.1, 0.15) is 0 Å². The molecule has 0 spiro atoms. The summed E-state index contributed by atoms with van der Waals surface area (Å²) in [5, 5.41) is 4.02. The first-order valence-corrected chi connectivity index (χ1v) is 6.02. The highest BCUT2D eigenvalue weighted by atomic mass is 16.5. The molecule has 0 atom stereocenters. The van der Waals surface area contributed by atoms with E-state index in [0.717, 1.165) is 24.5 Å². The Morgan fingerprint density at radius 3 is 2.47 bits per heavy atom. The van der Waals surface area contributed by atoms with Gasteiger partial charge in [0, 0.05) is 12.0 Å². The van der Waals surface area contributed by atoms with Gasteiger partial charge in [-0.2, -0.15) is 4.98 Å². The van der Waals surface area contributed by atoms with Crippen LogP contribution in [0.25, 0.3) is 0 Å². The van der Waals surface area contributed by atoms with Gasteiger partial charge < -0.3 is 4.52 Å². The van der Waals surface area contributed by atoms with Crippen molar-refractivity contribution in [1.82, 2.24) is 15.0 Å². The summed E-state index contributed by atoms with van der Waals surface area (Å²) in [6.45, 7) is 16.8. The fourth-order valence-corrected chi connectivity index (χ4v) is 1.48. The summed E-state index contributed by atoms with van der Waals surface area (Å²) < 4.78 is 5.27. The lowest BCUT2D eigenvalue weighted by Crippen LogP contribution is -2.25. The largest absolute Gasteiger partial charge is 0.339 e. The maximum atomic E-state index is 5.27. The second kappa shape index (κ2) is 5.45. The molecule has 0 aliphatic rings. The lowest BCUT2D eigenvalue weighted by molar-refractivity contribution is 0.283. The number of aromatic nitrogens is 2. The Bertz CT molecular complexity index is 376. The molecule has 1 aromatic heterocycles. The molecule has 0 aliphatic heterocycles. The summed E-state index contributed by atoms with van der Waals surface area (Å²) in [6, 6.07) is 0. The van der Waals surface area contributed by atoms with Crippen molar-refractivity contribution in [3.05, 3.63) is 23.9 Å². The molecule has 1 heterocycles. The number of hydrogen-bond donors (Lipinski definition) is 0. The second-order valence-corrected chi connectivity index (χ2v) is 5.53. The number of hydrogen-bond acceptors (Lipinski definition) is 4. The zero-order valence-electron chi connectivity index (χ0n) is 11.6. The topological polar surface area (TPSA) is 42.2 Å². The molecule has 0 unspecified atom stereocenters. The van der Waals surface area contributed by atoms with E-state index in [-0.39, 0.29) is 5.41 Å². The van der Waals surface area contributed by atoms with Crippen molar-refractivity contribution in [2.24, 2.45) is 0 Å². The predicted octanol–water partition coefficient (Wildman–Crippen LogP) is 2.77. The molecule has 0 amide bonds. The minimum Gasteiger partial charge on any atom is -0.339 e. The van der Waals surface area contributed by atoms with E-state index >= 15 is 0 Å². The molecule has 0 radical (unpaired) electrons. The molecule has 0 aliphatic carbocycles. The van der Waals surface area contributed by atoms with Gasteiger partial charge in [0.25, 0.3) is 0 Å². The molecule has 0 saturated heterocycles. The van der Waals surface area contributed by atoms with E-state index in [9.17, 15) is 0 Å². The molecular formula is C13H23N3O. The summed E-state index contributed by atoms with van der Waals surface area (Å²) in [5.41, 5.74) is 1.06. The standard InChI is InChI=1S/C13H23N3O/c1-7-16(8-10(2)3)9-11-14-12(17-15-11)13(4,5)6/h2,7-9H2,1,3-6H3. The SMILES string of the molecule is C=C(C)CN(CC)Cc1noc(C(C)(C)C)n1. The average molecular weight is 237 g/mol. The van der Waals surface area contributed by atoms with Gasteiger partial charge in [-0.25, -0.2) is 0 Å². The van der Waals surface area contributed by atoms with Gasteiger partial charge in [0.2, 0.25) is 5.89 Å². The highest BCUT2D eigenvalue weighted by Gasteiger charge is 2.22. The van der Waals surface area contributed by atoms with Gasteiger partial charge in [-0.05, 0) is 13.5 Å². The lowest BCUT2D eigenvalue weighted by Gasteiger charge is -2.18. The van der Waals surface area contributed by atoms with Crippen LogP contribution >= 0.6 is 0 Å². The Morgan fingerprint density at radius 1 is 1.41 bits per heavy atom. The van der Waals surface area contributed by atoms with Gasteiger partial charge in [-0.15, -0.1) is 0 Å². The summed E-state index contributed by atoms with van der Waals surface area (Å²) in [5.74, 6) is 1.44. The molecule has 1 aromatic rings. The lowest BCUT2D eigenvalue weighted by atomic mass is 9.97. The maximum Gasteiger partial charge on any atom is 0.232 e. The fourth-order valence-electron chi connectivity index (χ4n) is 1.48. The van der Waals surface area contributed by atoms with Crippen molar-refractivity contribution in [2.75, 3.05) is 13.1 Å². The van der Waals surface area contributed by atoms with Crippen molar-refractivity contribution < 1.29 is 4.52 Å². The van der Waals surface area contributed by atoms with E-state index in [1.807, 2.05) is 6.92 Å². The minimum atomic E-state index is -0.0867. The smallest absolute Gasteiger partial charge is 0.232 e. The molecule has 96 valence electrons. The zero-order valence-corrected chi connectivity index (χ0v) is 11.6.